The van der Waals surface area contributed by atoms with Gasteiger partial charge in [-0.15, -0.1) is 0 Å². The van der Waals surface area contributed by atoms with Crippen LogP contribution in [-0.2, 0) is 0 Å². The van der Waals surface area contributed by atoms with E-state index in [1.54, 1.807) is 0 Å². The van der Waals surface area contributed by atoms with Gasteiger partial charge in [-0.05, 0) is 24.6 Å². The summed E-state index contributed by atoms with van der Waals surface area (Å²) in [6, 6.07) is 8.00. The van der Waals surface area contributed by atoms with Crippen molar-refractivity contribution in [3.63, 3.8) is 0 Å². The van der Waals surface area contributed by atoms with Crippen LogP contribution in [0, 0.1) is 0 Å². The molecule has 68 valence electrons. The Morgan fingerprint density at radius 1 is 1.38 bits per heavy atom. The molecule has 0 saturated heterocycles. The highest BCUT2D eigenvalue weighted by Gasteiger charge is 2.15. The summed E-state index contributed by atoms with van der Waals surface area (Å²) in [5.41, 5.74) is 7.96. The number of fused-ring (bicyclic) bond motifs is 1. The first-order chi connectivity index (χ1) is 6.31. The molecular weight excluding hydrogens is 162 g/mol. The van der Waals surface area contributed by atoms with Crippen molar-refractivity contribution in [1.29, 1.82) is 0 Å². The highest BCUT2D eigenvalue weighted by molar-refractivity contribution is 5.73. The minimum Gasteiger partial charge on any atom is -0.486 e. The normalized spacial score (nSPS) is 20.2. The molecule has 0 fully saturated rings. The predicted octanol–water partition coefficient (Wildman–Crippen LogP) is 1.81. The van der Waals surface area contributed by atoms with Crippen molar-refractivity contribution in [2.75, 3.05) is 6.54 Å². The Morgan fingerprint density at radius 2 is 2.15 bits per heavy atom. The van der Waals surface area contributed by atoms with Crippen LogP contribution in [0.4, 0.5) is 0 Å². The summed E-state index contributed by atoms with van der Waals surface area (Å²) in [4.78, 5) is 0. The molecule has 0 bridgehead atoms. The molecule has 0 amide bonds. The van der Waals surface area contributed by atoms with Crippen molar-refractivity contribution in [2.45, 2.75) is 13.0 Å². The third-order valence-electron chi connectivity index (χ3n) is 2.20. The molecule has 0 aliphatic carbocycles. The van der Waals surface area contributed by atoms with Crippen molar-refractivity contribution in [3.05, 3.63) is 35.9 Å². The molecule has 1 aromatic rings. The molecule has 1 unspecified atom stereocenters. The highest BCUT2D eigenvalue weighted by atomic mass is 16.5. The molecule has 0 saturated carbocycles. The summed E-state index contributed by atoms with van der Waals surface area (Å²) in [6.45, 7) is 2.59. The Hall–Kier alpha value is -1.28. The van der Waals surface area contributed by atoms with E-state index in [0.717, 1.165) is 11.3 Å². The maximum atomic E-state index is 5.66. The third-order valence-corrected chi connectivity index (χ3v) is 2.20. The standard InChI is InChI=1S/C11H13NO/c1-8-6-9(7-12)10-4-2-3-5-11(10)13-8/h2-6,8H,7,12H2,1H3. The fourth-order valence-electron chi connectivity index (χ4n) is 1.62. The van der Waals surface area contributed by atoms with Gasteiger partial charge >= 0.3 is 0 Å². The van der Waals surface area contributed by atoms with Gasteiger partial charge in [0.05, 0.1) is 0 Å². The Bertz CT molecular complexity index is 344. The lowest BCUT2D eigenvalue weighted by Gasteiger charge is -2.22. The maximum Gasteiger partial charge on any atom is 0.127 e. The lowest BCUT2D eigenvalue weighted by molar-refractivity contribution is 0.265. The Kier molecular flexibility index (Phi) is 2.07. The molecule has 1 heterocycles. The van der Waals surface area contributed by atoms with Gasteiger partial charge in [0.15, 0.2) is 0 Å². The third kappa shape index (κ3) is 1.45. The maximum absolute atomic E-state index is 5.66. The molecule has 2 N–H and O–H groups in total. The van der Waals surface area contributed by atoms with Gasteiger partial charge in [-0.3, -0.25) is 0 Å². The smallest absolute Gasteiger partial charge is 0.127 e. The van der Waals surface area contributed by atoms with Crippen LogP contribution >= 0.6 is 0 Å². The number of ether oxygens (including phenoxy) is 1. The van der Waals surface area contributed by atoms with E-state index in [-0.39, 0.29) is 6.10 Å². The van der Waals surface area contributed by atoms with Crippen LogP contribution in [0.2, 0.25) is 0 Å². The van der Waals surface area contributed by atoms with E-state index in [9.17, 15) is 0 Å². The molecule has 2 rings (SSSR count). The van der Waals surface area contributed by atoms with Crippen LogP contribution in [0.3, 0.4) is 0 Å². The molecule has 1 aliphatic heterocycles. The van der Waals surface area contributed by atoms with Gasteiger partial charge in [-0.2, -0.15) is 0 Å². The van der Waals surface area contributed by atoms with E-state index < -0.39 is 0 Å². The van der Waals surface area contributed by atoms with Crippen LogP contribution in [0.5, 0.6) is 5.75 Å². The number of rotatable bonds is 1. The average Bonchev–Trinajstić information content (AvgIpc) is 2.16. The highest BCUT2D eigenvalue weighted by Crippen LogP contribution is 2.30. The average molecular weight is 175 g/mol. The lowest BCUT2D eigenvalue weighted by Crippen LogP contribution is -2.17. The van der Waals surface area contributed by atoms with Crippen LogP contribution in [0.25, 0.3) is 5.57 Å². The lowest BCUT2D eigenvalue weighted by atomic mass is 10.0. The van der Waals surface area contributed by atoms with Crippen LogP contribution in [0.1, 0.15) is 12.5 Å². The quantitative estimate of drug-likeness (QED) is 0.706. The van der Waals surface area contributed by atoms with Gasteiger partial charge in [-0.1, -0.05) is 18.2 Å². The molecule has 0 aromatic heterocycles. The molecule has 2 nitrogen and oxygen atoms in total. The van der Waals surface area contributed by atoms with Crippen molar-refractivity contribution in [3.8, 4) is 5.75 Å². The second-order valence-corrected chi connectivity index (χ2v) is 3.22. The monoisotopic (exact) mass is 175 g/mol. The van der Waals surface area contributed by atoms with E-state index in [1.165, 1.54) is 5.57 Å². The summed E-state index contributed by atoms with van der Waals surface area (Å²) >= 11 is 0. The van der Waals surface area contributed by atoms with E-state index in [2.05, 4.69) is 6.08 Å². The summed E-state index contributed by atoms with van der Waals surface area (Å²) < 4.78 is 5.63. The van der Waals surface area contributed by atoms with E-state index in [4.69, 9.17) is 10.5 Å². The molecule has 2 heteroatoms. The first kappa shape index (κ1) is 8.32. The van der Waals surface area contributed by atoms with Gasteiger partial charge in [0, 0.05) is 12.1 Å². The minimum atomic E-state index is 0.133. The minimum absolute atomic E-state index is 0.133. The largest absolute Gasteiger partial charge is 0.486 e. The first-order valence-corrected chi connectivity index (χ1v) is 4.48. The summed E-state index contributed by atoms with van der Waals surface area (Å²) in [5, 5.41) is 0. The topological polar surface area (TPSA) is 35.2 Å². The molecule has 1 aromatic carbocycles. The van der Waals surface area contributed by atoms with Gasteiger partial charge in [-0.25, -0.2) is 0 Å². The molecule has 1 aliphatic rings. The number of hydrogen-bond acceptors (Lipinski definition) is 2. The predicted molar refractivity (Wildman–Crippen MR) is 53.6 cm³/mol. The van der Waals surface area contributed by atoms with Crippen molar-refractivity contribution < 1.29 is 4.74 Å². The SMILES string of the molecule is CC1C=C(CN)c2ccccc2O1. The molecule has 0 radical (unpaired) electrons. The summed E-state index contributed by atoms with van der Waals surface area (Å²) in [5.74, 6) is 0.943. The van der Waals surface area contributed by atoms with Crippen LogP contribution in [0.15, 0.2) is 30.3 Å². The van der Waals surface area contributed by atoms with E-state index >= 15 is 0 Å². The van der Waals surface area contributed by atoms with Crippen molar-refractivity contribution in [1.82, 2.24) is 0 Å². The second-order valence-electron chi connectivity index (χ2n) is 3.22. The second kappa shape index (κ2) is 3.23. The van der Waals surface area contributed by atoms with Crippen molar-refractivity contribution in [2.24, 2.45) is 5.73 Å². The van der Waals surface area contributed by atoms with E-state index in [1.807, 2.05) is 31.2 Å². The fraction of sp³-hybridized carbons (Fsp3) is 0.273. The molecular formula is C11H13NO. The number of benzene rings is 1. The van der Waals surface area contributed by atoms with E-state index in [0.29, 0.717) is 6.54 Å². The van der Waals surface area contributed by atoms with Gasteiger partial charge in [0.1, 0.15) is 11.9 Å². The molecule has 13 heavy (non-hydrogen) atoms. The zero-order valence-electron chi connectivity index (χ0n) is 7.66. The number of hydrogen-bond donors (Lipinski definition) is 1. The number of para-hydroxylation sites is 1. The summed E-state index contributed by atoms with van der Waals surface area (Å²) in [6.07, 6.45) is 2.20. The first-order valence-electron chi connectivity index (χ1n) is 4.48. The summed E-state index contributed by atoms with van der Waals surface area (Å²) in [7, 11) is 0. The zero-order valence-corrected chi connectivity index (χ0v) is 7.66. The Morgan fingerprint density at radius 3 is 2.92 bits per heavy atom. The fourth-order valence-corrected chi connectivity index (χ4v) is 1.62. The Labute approximate surface area is 78.0 Å². The molecule has 1 atom stereocenters. The van der Waals surface area contributed by atoms with Crippen LogP contribution in [-0.4, -0.2) is 12.6 Å². The van der Waals surface area contributed by atoms with Crippen LogP contribution < -0.4 is 10.5 Å². The van der Waals surface area contributed by atoms with Gasteiger partial charge in [0.2, 0.25) is 0 Å². The van der Waals surface area contributed by atoms with Gasteiger partial charge in [0.25, 0.3) is 0 Å². The van der Waals surface area contributed by atoms with Crippen molar-refractivity contribution >= 4 is 5.57 Å². The number of nitrogens with two attached hydrogens (primary N) is 1. The van der Waals surface area contributed by atoms with Gasteiger partial charge < -0.3 is 10.5 Å². The molecule has 0 spiro atoms. The zero-order chi connectivity index (χ0) is 9.26. The Balaban J connectivity index is 2.49.